The molecular weight excluding hydrogens is 248 g/mol. The van der Waals surface area contributed by atoms with Crippen LogP contribution >= 0.6 is 0 Å². The first-order valence-corrected chi connectivity index (χ1v) is 6.56. The number of nitrogens with zero attached hydrogens (tertiary/aromatic N) is 1. The fourth-order valence-electron chi connectivity index (χ4n) is 2.80. The number of para-hydroxylation sites is 2. The average molecular weight is 260 g/mol. The summed E-state index contributed by atoms with van der Waals surface area (Å²) in [5.41, 5.74) is 3.42. The van der Waals surface area contributed by atoms with Crippen LogP contribution in [0.25, 0.3) is 32.8 Å². The molecule has 0 bridgehead atoms. The molecule has 0 aliphatic carbocycles. The number of hydrogen-bond donors (Lipinski definition) is 1. The third kappa shape index (κ3) is 1.40. The van der Waals surface area contributed by atoms with Gasteiger partial charge < -0.3 is 4.98 Å². The van der Waals surface area contributed by atoms with Gasteiger partial charge in [-0.3, -0.25) is 4.79 Å². The van der Waals surface area contributed by atoms with Crippen LogP contribution in [0, 0.1) is 6.92 Å². The maximum Gasteiger partial charge on any atom is 0.199 e. The second-order valence-electron chi connectivity index (χ2n) is 4.98. The lowest BCUT2D eigenvalue weighted by atomic mass is 10.0. The van der Waals surface area contributed by atoms with Crippen molar-refractivity contribution >= 4 is 32.8 Å². The van der Waals surface area contributed by atoms with Crippen LogP contribution in [0.5, 0.6) is 0 Å². The van der Waals surface area contributed by atoms with Crippen LogP contribution in [0.1, 0.15) is 5.56 Å². The molecule has 96 valence electrons. The van der Waals surface area contributed by atoms with Crippen molar-refractivity contribution in [3.63, 3.8) is 0 Å². The molecule has 0 amide bonds. The number of aromatic amines is 1. The molecule has 1 N–H and O–H groups in total. The highest BCUT2D eigenvalue weighted by molar-refractivity contribution is 6.00. The van der Waals surface area contributed by atoms with E-state index < -0.39 is 0 Å². The van der Waals surface area contributed by atoms with Gasteiger partial charge in [0.1, 0.15) is 5.65 Å². The summed E-state index contributed by atoms with van der Waals surface area (Å²) in [7, 11) is 0. The quantitative estimate of drug-likeness (QED) is 0.491. The largest absolute Gasteiger partial charge is 0.339 e. The van der Waals surface area contributed by atoms with E-state index >= 15 is 0 Å². The Morgan fingerprint density at radius 1 is 0.950 bits per heavy atom. The van der Waals surface area contributed by atoms with Gasteiger partial charge in [0.05, 0.1) is 16.4 Å². The summed E-state index contributed by atoms with van der Waals surface area (Å²) in [5, 5.41) is 2.42. The Bertz CT molecular complexity index is 1030. The molecule has 4 aromatic rings. The molecule has 3 heteroatoms. The highest BCUT2D eigenvalue weighted by Crippen LogP contribution is 2.23. The molecule has 2 aromatic heterocycles. The van der Waals surface area contributed by atoms with Gasteiger partial charge >= 0.3 is 0 Å². The molecule has 0 aliphatic rings. The van der Waals surface area contributed by atoms with Gasteiger partial charge in [-0.2, -0.15) is 0 Å². The summed E-state index contributed by atoms with van der Waals surface area (Å²) in [6.45, 7) is 1.98. The second kappa shape index (κ2) is 3.90. The van der Waals surface area contributed by atoms with E-state index in [4.69, 9.17) is 0 Å². The zero-order chi connectivity index (χ0) is 13.7. The fourth-order valence-corrected chi connectivity index (χ4v) is 2.80. The standard InChI is InChI=1S/C17H12N2O/c1-10-11-6-2-4-8-13(11)18-17-15(10)16(20)12-7-3-5-9-14(12)19-17/h2-9H,1H3,(H,18,19,20). The number of pyridine rings is 2. The van der Waals surface area contributed by atoms with Crippen molar-refractivity contribution in [2.75, 3.05) is 0 Å². The van der Waals surface area contributed by atoms with Gasteiger partial charge in [0.15, 0.2) is 5.43 Å². The van der Waals surface area contributed by atoms with E-state index in [0.29, 0.717) is 16.4 Å². The smallest absolute Gasteiger partial charge is 0.199 e. The van der Waals surface area contributed by atoms with Crippen molar-refractivity contribution in [1.29, 1.82) is 0 Å². The minimum atomic E-state index is 0.0464. The molecule has 0 radical (unpaired) electrons. The summed E-state index contributed by atoms with van der Waals surface area (Å²) < 4.78 is 0. The molecule has 0 saturated heterocycles. The van der Waals surface area contributed by atoms with Gasteiger partial charge in [-0.05, 0) is 30.7 Å². The lowest BCUT2D eigenvalue weighted by Gasteiger charge is -2.07. The van der Waals surface area contributed by atoms with Crippen molar-refractivity contribution in [3.8, 4) is 0 Å². The molecule has 0 spiro atoms. The van der Waals surface area contributed by atoms with Crippen LogP contribution in [0.3, 0.4) is 0 Å². The SMILES string of the molecule is Cc1c2ccccc2nc2[nH]c3ccccc3c(=O)c12. The van der Waals surface area contributed by atoms with E-state index in [-0.39, 0.29) is 5.43 Å². The van der Waals surface area contributed by atoms with E-state index in [1.807, 2.05) is 55.5 Å². The molecule has 0 aliphatic heterocycles. The zero-order valence-electron chi connectivity index (χ0n) is 11.0. The van der Waals surface area contributed by atoms with E-state index in [1.165, 1.54) is 0 Å². The number of fused-ring (bicyclic) bond motifs is 3. The number of aromatic nitrogens is 2. The summed E-state index contributed by atoms with van der Waals surface area (Å²) in [5.74, 6) is 0. The van der Waals surface area contributed by atoms with Crippen LogP contribution in [-0.4, -0.2) is 9.97 Å². The number of hydrogen-bond acceptors (Lipinski definition) is 2. The minimum absolute atomic E-state index is 0.0464. The predicted octanol–water partition coefficient (Wildman–Crippen LogP) is 3.54. The third-order valence-electron chi connectivity index (χ3n) is 3.80. The number of benzene rings is 2. The van der Waals surface area contributed by atoms with Gasteiger partial charge in [0.25, 0.3) is 0 Å². The molecule has 3 nitrogen and oxygen atoms in total. The number of rotatable bonds is 0. The van der Waals surface area contributed by atoms with Crippen molar-refractivity contribution in [1.82, 2.24) is 9.97 Å². The van der Waals surface area contributed by atoms with Crippen molar-refractivity contribution in [2.24, 2.45) is 0 Å². The fraction of sp³-hybridized carbons (Fsp3) is 0.0588. The van der Waals surface area contributed by atoms with Gasteiger partial charge in [0, 0.05) is 10.8 Å². The highest BCUT2D eigenvalue weighted by atomic mass is 16.1. The molecule has 20 heavy (non-hydrogen) atoms. The minimum Gasteiger partial charge on any atom is -0.339 e. The van der Waals surface area contributed by atoms with Gasteiger partial charge in [-0.15, -0.1) is 0 Å². The molecule has 2 heterocycles. The second-order valence-corrected chi connectivity index (χ2v) is 4.98. The third-order valence-corrected chi connectivity index (χ3v) is 3.80. The van der Waals surface area contributed by atoms with E-state index in [1.54, 1.807) is 0 Å². The monoisotopic (exact) mass is 260 g/mol. The topological polar surface area (TPSA) is 45.8 Å². The predicted molar refractivity (Wildman–Crippen MR) is 82.1 cm³/mol. The van der Waals surface area contributed by atoms with Crippen LogP contribution < -0.4 is 5.43 Å². The van der Waals surface area contributed by atoms with Gasteiger partial charge in [-0.1, -0.05) is 30.3 Å². The first-order valence-electron chi connectivity index (χ1n) is 6.56. The normalized spacial score (nSPS) is 11.4. The van der Waals surface area contributed by atoms with Crippen molar-refractivity contribution in [2.45, 2.75) is 6.92 Å². The summed E-state index contributed by atoms with van der Waals surface area (Å²) in [4.78, 5) is 20.6. The lowest BCUT2D eigenvalue weighted by Crippen LogP contribution is -2.07. The molecule has 4 rings (SSSR count). The summed E-state index contributed by atoms with van der Waals surface area (Å²) in [6.07, 6.45) is 0. The Hall–Kier alpha value is -2.68. The number of nitrogens with one attached hydrogen (secondary N) is 1. The Kier molecular flexibility index (Phi) is 2.18. The number of aryl methyl sites for hydroxylation is 1. The summed E-state index contributed by atoms with van der Waals surface area (Å²) in [6, 6.07) is 15.5. The maximum absolute atomic E-state index is 12.7. The average Bonchev–Trinajstić information content (AvgIpc) is 2.47. The zero-order valence-corrected chi connectivity index (χ0v) is 11.0. The first-order chi connectivity index (χ1) is 9.75. The number of H-pyrrole nitrogens is 1. The van der Waals surface area contributed by atoms with Crippen LogP contribution in [-0.2, 0) is 0 Å². The molecular formula is C17H12N2O. The maximum atomic E-state index is 12.7. The van der Waals surface area contributed by atoms with Crippen LogP contribution in [0.15, 0.2) is 53.3 Å². The van der Waals surface area contributed by atoms with Gasteiger partial charge in [0.2, 0.25) is 0 Å². The molecule has 2 aromatic carbocycles. The Morgan fingerprint density at radius 3 is 2.50 bits per heavy atom. The van der Waals surface area contributed by atoms with Crippen LogP contribution in [0.2, 0.25) is 0 Å². The Labute approximate surface area is 114 Å². The lowest BCUT2D eigenvalue weighted by molar-refractivity contribution is 1.35. The Morgan fingerprint density at radius 2 is 1.65 bits per heavy atom. The Balaban J connectivity index is 2.35. The highest BCUT2D eigenvalue weighted by Gasteiger charge is 2.11. The van der Waals surface area contributed by atoms with Gasteiger partial charge in [-0.25, -0.2) is 4.98 Å². The first kappa shape index (κ1) is 11.2. The summed E-state index contributed by atoms with van der Waals surface area (Å²) >= 11 is 0. The molecule has 0 fully saturated rings. The molecule has 0 atom stereocenters. The van der Waals surface area contributed by atoms with E-state index in [0.717, 1.165) is 22.0 Å². The van der Waals surface area contributed by atoms with Crippen molar-refractivity contribution < 1.29 is 0 Å². The molecule has 0 saturated carbocycles. The van der Waals surface area contributed by atoms with E-state index in [2.05, 4.69) is 9.97 Å². The molecule has 0 unspecified atom stereocenters. The van der Waals surface area contributed by atoms with Crippen molar-refractivity contribution in [3.05, 3.63) is 64.3 Å². The van der Waals surface area contributed by atoms with Crippen LogP contribution in [0.4, 0.5) is 0 Å². The van der Waals surface area contributed by atoms with E-state index in [9.17, 15) is 4.79 Å².